The Hall–Kier alpha value is -9.46. The zero-order valence-corrected chi connectivity index (χ0v) is 87.3. The zero-order chi connectivity index (χ0) is 90.9. The van der Waals surface area contributed by atoms with Crippen molar-refractivity contribution >= 4 is 0 Å². The summed E-state index contributed by atoms with van der Waals surface area (Å²) in [5.74, 6) is 4.85. The standard InChI is InChI=1S/C28H27N2.C26H23N2.C16H20N3.C14H16N3.4C5H10O2.4Ir/c1-17-10-18(2)13-23(12-17)27-28(24-14-19(3)11-20(4)15-24)30-25(16-29-27)26-21(5)8-7-9-22(26)6;1-17-10-18(2)13-22(12-17)25-26(23-14-19(3)11-20(4)15-23)28-24(16-27-25)21-8-6-5-7-9-21;1-10(2)13-6-14(11(3)4)8-15(7-13)16-18-9-17-12(5)19-16;1-9(2)13-15-8-16-14(17-13)12-6-10(3)5-11(4)7-12;4*1-4(6)3-5(2)7;;;;/h7-12,14-16H,1-6H3;5-12,14-16H,1-4H3;6-7,9-11H,1-5H3;5-6,8-9H,1-4H3;4*3-4,6-7H,1-2H3;;;;/q4*-1;;;;;;;;. The molecule has 0 saturated carbocycles. The van der Waals surface area contributed by atoms with Gasteiger partial charge in [-0.15, -0.1) is 140 Å². The third kappa shape index (κ3) is 40.7. The largest absolute Gasteiger partial charge is 0.513 e. The number of aliphatic hydroxyl groups is 8. The van der Waals surface area contributed by atoms with Crippen LogP contribution in [-0.4, -0.2) is 115 Å². The van der Waals surface area contributed by atoms with Crippen LogP contribution in [0.2, 0.25) is 0 Å². The molecule has 0 spiro atoms. The number of aliphatic hydroxyl groups excluding tert-OH is 8. The van der Waals surface area contributed by atoms with Gasteiger partial charge in [0.25, 0.3) is 0 Å². The average molecular weight is 2410 g/mol. The van der Waals surface area contributed by atoms with Crippen LogP contribution in [0, 0.1) is 114 Å². The van der Waals surface area contributed by atoms with E-state index in [-0.39, 0.29) is 103 Å². The summed E-state index contributed by atoms with van der Waals surface area (Å²) >= 11 is 0. The molecule has 4 atom stereocenters. The van der Waals surface area contributed by atoms with Gasteiger partial charge in [-0.3, -0.25) is 29.9 Å². The van der Waals surface area contributed by atoms with Crippen molar-refractivity contribution in [1.29, 1.82) is 0 Å². The fourth-order valence-corrected chi connectivity index (χ4v) is 12.9. The summed E-state index contributed by atoms with van der Waals surface area (Å²) in [5, 5.41) is 67.6. The van der Waals surface area contributed by atoms with Crippen LogP contribution in [0.15, 0.2) is 206 Å². The molecule has 0 fully saturated rings. The van der Waals surface area contributed by atoms with Gasteiger partial charge in [-0.05, 0) is 162 Å². The van der Waals surface area contributed by atoms with E-state index in [1.54, 1.807) is 40.3 Å². The molecule has 4 aromatic heterocycles. The van der Waals surface area contributed by atoms with E-state index in [1.165, 1.54) is 113 Å². The molecule has 0 amide bonds. The molecule has 12 aromatic rings. The summed E-state index contributed by atoms with van der Waals surface area (Å²) in [7, 11) is 0. The molecule has 8 aromatic carbocycles. The van der Waals surface area contributed by atoms with Gasteiger partial charge in [0.05, 0.1) is 81.9 Å². The Morgan fingerprint density at radius 3 is 1.03 bits per heavy atom. The minimum Gasteiger partial charge on any atom is -0.513 e. The molecule has 0 aliphatic heterocycles. The normalized spacial score (nSPS) is 11.9. The second kappa shape index (κ2) is 56.7. The molecule has 4 heterocycles. The summed E-state index contributed by atoms with van der Waals surface area (Å²) in [4.78, 5) is 45.6. The van der Waals surface area contributed by atoms with Crippen LogP contribution >= 0.6 is 0 Å². The molecule has 4 unspecified atom stereocenters. The molecular weight excluding hydrogens is 2290 g/mol. The van der Waals surface area contributed by atoms with Crippen molar-refractivity contribution in [2.24, 2.45) is 0 Å². The van der Waals surface area contributed by atoms with Crippen LogP contribution in [0.5, 0.6) is 0 Å². The van der Waals surface area contributed by atoms with Gasteiger partial charge in [-0.2, -0.15) is 0 Å². The number of allylic oxidation sites excluding steroid dienone is 4. The Morgan fingerprint density at radius 1 is 0.317 bits per heavy atom. The Morgan fingerprint density at radius 2 is 0.675 bits per heavy atom. The monoisotopic (exact) mass is 2410 g/mol. The van der Waals surface area contributed by atoms with Gasteiger partial charge in [-0.1, -0.05) is 190 Å². The molecule has 0 aliphatic carbocycles. The predicted octanol–water partition coefficient (Wildman–Crippen LogP) is 23.9. The van der Waals surface area contributed by atoms with E-state index in [4.69, 9.17) is 60.8 Å². The molecule has 18 nitrogen and oxygen atoms in total. The van der Waals surface area contributed by atoms with E-state index in [2.05, 4.69) is 281 Å². The van der Waals surface area contributed by atoms with E-state index in [0.29, 0.717) is 29.4 Å². The maximum absolute atomic E-state index is 8.49. The molecule has 0 saturated heterocycles. The van der Waals surface area contributed by atoms with Crippen molar-refractivity contribution < 1.29 is 121 Å². The SMILES string of the molecule is CC(O)=CC(C)O.CC(O)=CC(C)O.CC(O)=CC(C)O.CC(O)=CC(C)O.Cc1[c-]c(-c2ncc(-c3c(C)cccc3C)nc2-c2cc(C)cc(C)c2)cc(C)c1.Cc1[c-]c(-c2ncc(-c3ccccc3)nc2-c2cc(C)cc(C)c2)cc(C)c1.Cc1[c-]c(-c2ncnc(C(C)C)n2)cc(C)c1.Cc1ncnc(-c2[c-]c(C(C)C)cc(C(C)C)c2)n1.[Ir].[Ir].[Ir].[Ir]. The van der Waals surface area contributed by atoms with Crippen molar-refractivity contribution in [3.8, 4) is 90.3 Å². The summed E-state index contributed by atoms with van der Waals surface area (Å²) in [5.41, 5.74) is 30.3. The number of hydrogen-bond donors (Lipinski definition) is 8. The fourth-order valence-electron chi connectivity index (χ4n) is 12.9. The van der Waals surface area contributed by atoms with E-state index >= 15 is 0 Å². The molecule has 0 aliphatic rings. The van der Waals surface area contributed by atoms with E-state index in [1.807, 2.05) is 50.5 Å². The van der Waals surface area contributed by atoms with Crippen molar-refractivity contribution in [2.75, 3.05) is 0 Å². The molecule has 4 radical (unpaired) electrons. The van der Waals surface area contributed by atoms with Gasteiger partial charge in [0, 0.05) is 121 Å². The summed E-state index contributed by atoms with van der Waals surface area (Å²) in [6.07, 6.45) is 10.2. The van der Waals surface area contributed by atoms with E-state index < -0.39 is 24.4 Å². The van der Waals surface area contributed by atoms with E-state index in [9.17, 15) is 0 Å². The van der Waals surface area contributed by atoms with Gasteiger partial charge >= 0.3 is 0 Å². The first-order valence-electron chi connectivity index (χ1n) is 41.0. The smallest absolute Gasteiger partial charge is 0.124 e. The van der Waals surface area contributed by atoms with Crippen molar-refractivity contribution in [3.05, 3.63) is 320 Å². The third-order valence-electron chi connectivity index (χ3n) is 17.7. The van der Waals surface area contributed by atoms with E-state index in [0.717, 1.165) is 107 Å². The number of aromatic nitrogens is 10. The minimum atomic E-state index is -0.537. The number of aryl methyl sites for hydroxylation is 13. The second-order valence-electron chi connectivity index (χ2n) is 32.0. The maximum atomic E-state index is 8.49. The van der Waals surface area contributed by atoms with Crippen LogP contribution < -0.4 is 0 Å². The molecule has 22 heteroatoms. The van der Waals surface area contributed by atoms with Crippen LogP contribution in [0.3, 0.4) is 0 Å². The summed E-state index contributed by atoms with van der Waals surface area (Å²) in [6.45, 7) is 52.4. The number of rotatable bonds is 15. The predicted molar refractivity (Wildman–Crippen MR) is 499 cm³/mol. The van der Waals surface area contributed by atoms with Gasteiger partial charge in [-0.25, -0.2) is 9.97 Å². The van der Waals surface area contributed by atoms with Crippen LogP contribution in [0.1, 0.15) is 204 Å². The van der Waals surface area contributed by atoms with Gasteiger partial charge in [0.15, 0.2) is 0 Å². The molecule has 0 bridgehead atoms. The Balaban J connectivity index is 0.000000765. The zero-order valence-electron chi connectivity index (χ0n) is 77.7. The van der Waals surface area contributed by atoms with Crippen LogP contribution in [0.25, 0.3) is 90.3 Å². The first-order chi connectivity index (χ1) is 57.3. The Kier molecular flexibility index (Phi) is 51.5. The molecule has 126 heavy (non-hydrogen) atoms. The Labute approximate surface area is 803 Å². The quantitative estimate of drug-likeness (QED) is 0.0349. The third-order valence-corrected chi connectivity index (χ3v) is 17.7. The number of hydrogen-bond acceptors (Lipinski definition) is 18. The molecular formula is C104H126Ir4N10O8-4. The number of benzene rings is 8. The van der Waals surface area contributed by atoms with Crippen LogP contribution in [-0.2, 0) is 80.4 Å². The number of nitrogens with zero attached hydrogens (tertiary/aromatic N) is 10. The van der Waals surface area contributed by atoms with Crippen molar-refractivity contribution in [3.63, 3.8) is 0 Å². The fraction of sp³-hybridized carbons (Fsp3) is 0.327. The maximum Gasteiger partial charge on any atom is 0.124 e. The van der Waals surface area contributed by atoms with Crippen LogP contribution in [0.4, 0.5) is 0 Å². The van der Waals surface area contributed by atoms with Gasteiger partial charge in [0.2, 0.25) is 0 Å². The Bertz CT molecular complexity index is 5280. The second-order valence-corrected chi connectivity index (χ2v) is 32.0. The van der Waals surface area contributed by atoms with Gasteiger partial charge < -0.3 is 50.8 Å². The molecule has 8 N–H and O–H groups in total. The average Bonchev–Trinajstić information content (AvgIpc) is 0.782. The first-order valence-corrected chi connectivity index (χ1v) is 41.0. The molecule has 12 rings (SSSR count). The van der Waals surface area contributed by atoms with Gasteiger partial charge in [0.1, 0.15) is 24.3 Å². The van der Waals surface area contributed by atoms with Crippen molar-refractivity contribution in [2.45, 2.75) is 229 Å². The van der Waals surface area contributed by atoms with Crippen molar-refractivity contribution in [1.82, 2.24) is 49.8 Å². The topological polar surface area (TPSA) is 291 Å². The molecule has 680 valence electrons. The summed E-state index contributed by atoms with van der Waals surface area (Å²) in [6, 6.07) is 60.4. The first kappa shape index (κ1) is 115. The summed E-state index contributed by atoms with van der Waals surface area (Å²) < 4.78 is 0. The minimum absolute atomic E-state index is 0.